The highest BCUT2D eigenvalue weighted by Crippen LogP contribution is 2.25. The number of rotatable bonds is 8. The molecule has 0 heterocycles. The summed E-state index contributed by atoms with van der Waals surface area (Å²) in [4.78, 5) is 25.7. The van der Waals surface area contributed by atoms with Crippen molar-refractivity contribution < 1.29 is 18.0 Å². The van der Waals surface area contributed by atoms with Gasteiger partial charge < -0.3 is 10.6 Å². The van der Waals surface area contributed by atoms with Gasteiger partial charge in [-0.1, -0.05) is 57.2 Å². The Hall–Kier alpha value is -4.43. The van der Waals surface area contributed by atoms with Gasteiger partial charge in [0.25, 0.3) is 11.8 Å². The molecule has 0 saturated carbocycles. The average molecular weight is 584 g/mol. The second-order valence-corrected chi connectivity index (χ2v) is 13.5. The average Bonchev–Trinajstić information content (AvgIpc) is 2.93. The predicted molar refractivity (Wildman–Crippen MR) is 171 cm³/mol. The number of hydrogen-bond acceptors (Lipinski definition) is 4. The van der Waals surface area contributed by atoms with E-state index < -0.39 is 10.0 Å². The van der Waals surface area contributed by atoms with Crippen molar-refractivity contribution in [2.45, 2.75) is 46.6 Å². The molecule has 0 radical (unpaired) electrons. The van der Waals surface area contributed by atoms with Gasteiger partial charge in [0.2, 0.25) is 10.0 Å². The fraction of sp³-hybridized carbons (Fsp3) is 0.235. The summed E-state index contributed by atoms with van der Waals surface area (Å²) in [5, 5.41) is 5.74. The molecule has 42 heavy (non-hydrogen) atoms. The van der Waals surface area contributed by atoms with Gasteiger partial charge in [0.15, 0.2) is 0 Å². The molecule has 218 valence electrons. The summed E-state index contributed by atoms with van der Waals surface area (Å²) in [5.41, 5.74) is 6.63. The molecule has 0 aliphatic heterocycles. The first-order chi connectivity index (χ1) is 19.7. The molecule has 4 aromatic carbocycles. The minimum atomic E-state index is -3.53. The van der Waals surface area contributed by atoms with E-state index in [1.807, 2.05) is 50.2 Å². The number of nitrogens with one attached hydrogen (secondary N) is 2. The maximum absolute atomic E-state index is 13.0. The van der Waals surface area contributed by atoms with Crippen molar-refractivity contribution in [1.82, 2.24) is 0 Å². The molecule has 0 fully saturated rings. The van der Waals surface area contributed by atoms with Crippen LogP contribution in [0.5, 0.6) is 0 Å². The topological polar surface area (TPSA) is 95.6 Å². The van der Waals surface area contributed by atoms with Gasteiger partial charge in [0.05, 0.1) is 18.5 Å². The normalized spacial score (nSPS) is 11.6. The van der Waals surface area contributed by atoms with Crippen molar-refractivity contribution in [3.8, 4) is 0 Å². The first kappa shape index (κ1) is 30.5. The van der Waals surface area contributed by atoms with E-state index in [1.54, 1.807) is 54.6 Å². The molecule has 8 heteroatoms. The third kappa shape index (κ3) is 7.64. The van der Waals surface area contributed by atoms with Crippen LogP contribution in [0.1, 0.15) is 63.7 Å². The lowest BCUT2D eigenvalue weighted by atomic mass is 9.87. The Morgan fingerprint density at radius 1 is 0.714 bits per heavy atom. The summed E-state index contributed by atoms with van der Waals surface area (Å²) in [7, 11) is -3.53. The molecule has 4 aromatic rings. The molecule has 0 saturated heterocycles. The van der Waals surface area contributed by atoms with Gasteiger partial charge in [-0.05, 0) is 96.1 Å². The number of nitrogens with zero attached hydrogens (tertiary/aromatic N) is 1. The van der Waals surface area contributed by atoms with Crippen LogP contribution in [0.3, 0.4) is 0 Å². The van der Waals surface area contributed by atoms with Crippen LogP contribution in [0.25, 0.3) is 0 Å². The number of benzene rings is 4. The molecule has 0 spiro atoms. The van der Waals surface area contributed by atoms with E-state index in [9.17, 15) is 18.0 Å². The van der Waals surface area contributed by atoms with Gasteiger partial charge in [0.1, 0.15) is 0 Å². The van der Waals surface area contributed by atoms with Crippen molar-refractivity contribution in [3.05, 3.63) is 124 Å². The lowest BCUT2D eigenvalue weighted by Gasteiger charge is -2.23. The molecular formula is C34H37N3O4S. The van der Waals surface area contributed by atoms with Crippen LogP contribution in [-0.2, 0) is 22.0 Å². The first-order valence-corrected chi connectivity index (χ1v) is 15.5. The van der Waals surface area contributed by atoms with E-state index in [4.69, 9.17) is 0 Å². The van der Waals surface area contributed by atoms with Crippen molar-refractivity contribution >= 4 is 38.9 Å². The van der Waals surface area contributed by atoms with E-state index in [0.717, 1.165) is 22.3 Å². The van der Waals surface area contributed by atoms with Crippen LogP contribution >= 0.6 is 0 Å². The molecule has 0 aromatic heterocycles. The van der Waals surface area contributed by atoms with Crippen LogP contribution in [0.4, 0.5) is 17.1 Å². The summed E-state index contributed by atoms with van der Waals surface area (Å²) in [5.74, 6) is -0.560. The third-order valence-corrected chi connectivity index (χ3v) is 8.25. The number of carbonyl (C=O) groups is 2. The van der Waals surface area contributed by atoms with E-state index in [-0.39, 0.29) is 23.8 Å². The van der Waals surface area contributed by atoms with Gasteiger partial charge in [-0.2, -0.15) is 0 Å². The molecule has 0 bridgehead atoms. The highest BCUT2D eigenvalue weighted by Gasteiger charge is 2.19. The molecule has 4 rings (SSSR count). The lowest BCUT2D eigenvalue weighted by Crippen LogP contribution is -2.29. The van der Waals surface area contributed by atoms with Gasteiger partial charge in [-0.3, -0.25) is 13.9 Å². The van der Waals surface area contributed by atoms with Crippen LogP contribution in [0, 0.1) is 13.8 Å². The minimum Gasteiger partial charge on any atom is -0.322 e. The van der Waals surface area contributed by atoms with E-state index in [0.29, 0.717) is 28.2 Å². The molecule has 7 nitrogen and oxygen atoms in total. The first-order valence-electron chi connectivity index (χ1n) is 13.7. The Kier molecular flexibility index (Phi) is 8.87. The standard InChI is InChI=1S/C34H37N3O4S/c1-23-10-19-31(20-24(23)2)37(42(6,40)41)22-25-11-13-26(14-12-25)32(38)35-29-8-7-9-30(21-29)36-33(39)27-15-17-28(18-16-27)34(3,4)5/h7-21H,22H2,1-6H3,(H,35,38)(H,36,39). The highest BCUT2D eigenvalue weighted by atomic mass is 32.2. The molecule has 0 aliphatic carbocycles. The van der Waals surface area contributed by atoms with E-state index in [2.05, 4.69) is 31.4 Å². The van der Waals surface area contributed by atoms with Gasteiger partial charge >= 0.3 is 0 Å². The lowest BCUT2D eigenvalue weighted by molar-refractivity contribution is 0.101. The third-order valence-electron chi connectivity index (χ3n) is 7.11. The van der Waals surface area contributed by atoms with Gasteiger partial charge in [-0.15, -0.1) is 0 Å². The quantitative estimate of drug-likeness (QED) is 0.232. The number of anilines is 3. The van der Waals surface area contributed by atoms with Crippen molar-refractivity contribution in [3.63, 3.8) is 0 Å². The molecule has 0 atom stereocenters. The molecular weight excluding hydrogens is 546 g/mol. The number of sulfonamides is 1. The summed E-state index contributed by atoms with van der Waals surface area (Å²) < 4.78 is 26.5. The summed E-state index contributed by atoms with van der Waals surface area (Å²) in [6.07, 6.45) is 1.18. The Morgan fingerprint density at radius 2 is 1.24 bits per heavy atom. The molecule has 2 amide bonds. The second kappa shape index (κ2) is 12.2. The van der Waals surface area contributed by atoms with Crippen molar-refractivity contribution in [2.75, 3.05) is 21.2 Å². The zero-order chi connectivity index (χ0) is 30.7. The molecule has 2 N–H and O–H groups in total. The Labute approximate surface area is 248 Å². The van der Waals surface area contributed by atoms with Crippen LogP contribution < -0.4 is 14.9 Å². The maximum atomic E-state index is 13.0. The molecule has 0 unspecified atom stereocenters. The number of hydrogen-bond donors (Lipinski definition) is 2. The summed E-state index contributed by atoms with van der Waals surface area (Å²) in [6, 6.07) is 26.9. The van der Waals surface area contributed by atoms with E-state index >= 15 is 0 Å². The fourth-order valence-electron chi connectivity index (χ4n) is 4.41. The number of aryl methyl sites for hydroxylation is 2. The van der Waals surface area contributed by atoms with Crippen molar-refractivity contribution in [2.24, 2.45) is 0 Å². The van der Waals surface area contributed by atoms with Gasteiger partial charge in [0, 0.05) is 22.5 Å². The largest absolute Gasteiger partial charge is 0.322 e. The molecule has 0 aliphatic rings. The van der Waals surface area contributed by atoms with E-state index in [1.165, 1.54) is 10.6 Å². The smallest absolute Gasteiger partial charge is 0.255 e. The van der Waals surface area contributed by atoms with Crippen LogP contribution in [-0.4, -0.2) is 26.5 Å². The van der Waals surface area contributed by atoms with Crippen molar-refractivity contribution in [1.29, 1.82) is 0 Å². The number of amides is 2. The van der Waals surface area contributed by atoms with Gasteiger partial charge in [-0.25, -0.2) is 8.42 Å². The zero-order valence-electron chi connectivity index (χ0n) is 24.9. The highest BCUT2D eigenvalue weighted by molar-refractivity contribution is 7.92. The van der Waals surface area contributed by atoms with Crippen LogP contribution in [0.2, 0.25) is 0 Å². The minimum absolute atomic E-state index is 0.000995. The number of carbonyl (C=O) groups excluding carboxylic acids is 2. The second-order valence-electron chi connectivity index (χ2n) is 11.6. The fourth-order valence-corrected chi connectivity index (χ4v) is 5.29. The SMILES string of the molecule is Cc1ccc(N(Cc2ccc(C(=O)Nc3cccc(NC(=O)c4ccc(C(C)(C)C)cc4)c3)cc2)S(C)(=O)=O)cc1C. The predicted octanol–water partition coefficient (Wildman–Crippen LogP) is 7.07. The Balaban J connectivity index is 1.42. The Bertz CT molecular complexity index is 1710. The zero-order valence-corrected chi connectivity index (χ0v) is 25.7. The van der Waals surface area contributed by atoms with Crippen LogP contribution in [0.15, 0.2) is 91.0 Å². The summed E-state index contributed by atoms with van der Waals surface area (Å²) >= 11 is 0. The monoisotopic (exact) mass is 583 g/mol. The Morgan fingerprint density at radius 3 is 1.71 bits per heavy atom. The maximum Gasteiger partial charge on any atom is 0.255 e. The summed E-state index contributed by atoms with van der Waals surface area (Å²) in [6.45, 7) is 10.4.